The van der Waals surface area contributed by atoms with Gasteiger partial charge >= 0.3 is 0 Å². The molecule has 0 amide bonds. The Kier molecular flexibility index (Phi) is 5.77. The van der Waals surface area contributed by atoms with Gasteiger partial charge in [-0.3, -0.25) is 4.79 Å². The molecule has 0 spiro atoms. The molecule has 0 saturated carbocycles. The van der Waals surface area contributed by atoms with Gasteiger partial charge in [0.1, 0.15) is 6.10 Å². The second-order valence-corrected chi connectivity index (χ2v) is 3.79. The molecule has 0 N–H and O–H groups in total. The number of hydrogen-bond acceptors (Lipinski definition) is 2. The first-order valence-electron chi connectivity index (χ1n) is 4.70. The average molecular weight is 172 g/mol. The van der Waals surface area contributed by atoms with E-state index in [1.54, 1.807) is 0 Å². The first-order chi connectivity index (χ1) is 5.61. The molecule has 2 atom stereocenters. The van der Waals surface area contributed by atoms with Crippen molar-refractivity contribution in [3.05, 3.63) is 0 Å². The molecule has 0 aliphatic heterocycles. The van der Waals surface area contributed by atoms with Gasteiger partial charge in [-0.15, -0.1) is 0 Å². The first kappa shape index (κ1) is 11.5. The van der Waals surface area contributed by atoms with Crippen LogP contribution in [0.1, 0.15) is 40.5 Å². The summed E-state index contributed by atoms with van der Waals surface area (Å²) >= 11 is 0. The van der Waals surface area contributed by atoms with Crippen LogP contribution in [0.2, 0.25) is 0 Å². The quantitative estimate of drug-likeness (QED) is 0.576. The van der Waals surface area contributed by atoms with E-state index >= 15 is 0 Å². The summed E-state index contributed by atoms with van der Waals surface area (Å²) in [5.41, 5.74) is 0. The molecule has 0 aliphatic rings. The van der Waals surface area contributed by atoms with E-state index in [0.717, 1.165) is 12.8 Å². The maximum absolute atomic E-state index is 10.2. The second kappa shape index (κ2) is 6.04. The minimum absolute atomic E-state index is 0.104. The summed E-state index contributed by atoms with van der Waals surface area (Å²) in [6, 6.07) is 0. The fourth-order valence-electron chi connectivity index (χ4n) is 1.22. The van der Waals surface area contributed by atoms with Gasteiger partial charge < -0.3 is 4.74 Å². The average Bonchev–Trinajstić information content (AvgIpc) is 2.01. The first-order valence-corrected chi connectivity index (χ1v) is 4.70. The summed E-state index contributed by atoms with van der Waals surface area (Å²) < 4.78 is 5.02. The maximum Gasteiger partial charge on any atom is 0.293 e. The van der Waals surface area contributed by atoms with E-state index in [4.69, 9.17) is 4.74 Å². The molecule has 0 aromatic rings. The van der Waals surface area contributed by atoms with Crippen molar-refractivity contribution in [2.45, 2.75) is 46.6 Å². The Balaban J connectivity index is 3.92. The normalized spacial score (nSPS) is 15.8. The van der Waals surface area contributed by atoms with Gasteiger partial charge in [-0.25, -0.2) is 0 Å². The third-order valence-electron chi connectivity index (χ3n) is 2.21. The second-order valence-electron chi connectivity index (χ2n) is 3.79. The van der Waals surface area contributed by atoms with Crippen molar-refractivity contribution >= 4 is 6.47 Å². The third kappa shape index (κ3) is 4.37. The lowest BCUT2D eigenvalue weighted by Crippen LogP contribution is -2.22. The molecule has 0 fully saturated rings. The lowest BCUT2D eigenvalue weighted by molar-refractivity contribution is -0.136. The molecule has 0 bridgehead atoms. The summed E-state index contributed by atoms with van der Waals surface area (Å²) in [5, 5.41) is 0. The standard InChI is InChI=1S/C10H20O2/c1-5-9(4)10(12-7-11)6-8(2)3/h7-10H,5-6H2,1-4H3. The molecule has 2 heteroatoms. The Morgan fingerprint density at radius 2 is 1.92 bits per heavy atom. The lowest BCUT2D eigenvalue weighted by Gasteiger charge is -2.22. The Bertz CT molecular complexity index is 121. The van der Waals surface area contributed by atoms with Crippen LogP contribution in [0.15, 0.2) is 0 Å². The van der Waals surface area contributed by atoms with Gasteiger partial charge in [0.2, 0.25) is 0 Å². The smallest absolute Gasteiger partial charge is 0.293 e. The van der Waals surface area contributed by atoms with Crippen LogP contribution < -0.4 is 0 Å². The summed E-state index contributed by atoms with van der Waals surface area (Å²) in [6.07, 6.45) is 2.13. The molecule has 72 valence electrons. The monoisotopic (exact) mass is 172 g/mol. The molecule has 0 aromatic heterocycles. The van der Waals surface area contributed by atoms with Crippen LogP contribution in [0.25, 0.3) is 0 Å². The van der Waals surface area contributed by atoms with Crippen molar-refractivity contribution in [1.82, 2.24) is 0 Å². The zero-order valence-electron chi connectivity index (χ0n) is 8.54. The van der Waals surface area contributed by atoms with Crippen LogP contribution in [-0.2, 0) is 9.53 Å². The number of rotatable bonds is 6. The van der Waals surface area contributed by atoms with Crippen LogP contribution in [0, 0.1) is 11.8 Å². The van der Waals surface area contributed by atoms with Crippen molar-refractivity contribution in [2.75, 3.05) is 0 Å². The minimum Gasteiger partial charge on any atom is -0.464 e. The molecule has 0 aliphatic carbocycles. The molecule has 0 rings (SSSR count). The molecule has 12 heavy (non-hydrogen) atoms. The van der Waals surface area contributed by atoms with Crippen LogP contribution in [0.3, 0.4) is 0 Å². The zero-order chi connectivity index (χ0) is 9.56. The van der Waals surface area contributed by atoms with Crippen LogP contribution >= 0.6 is 0 Å². The Hall–Kier alpha value is -0.530. The zero-order valence-corrected chi connectivity index (χ0v) is 8.54. The minimum atomic E-state index is 0.104. The predicted molar refractivity (Wildman–Crippen MR) is 49.8 cm³/mol. The van der Waals surface area contributed by atoms with Gasteiger partial charge in [0.25, 0.3) is 6.47 Å². The highest BCUT2D eigenvalue weighted by Crippen LogP contribution is 2.18. The van der Waals surface area contributed by atoms with E-state index in [-0.39, 0.29) is 6.10 Å². The van der Waals surface area contributed by atoms with Crippen molar-refractivity contribution in [3.63, 3.8) is 0 Å². The summed E-state index contributed by atoms with van der Waals surface area (Å²) in [5.74, 6) is 1.06. The Labute approximate surface area is 75.3 Å². The molecule has 0 saturated heterocycles. The summed E-state index contributed by atoms with van der Waals surface area (Å²) in [6.45, 7) is 9.09. The van der Waals surface area contributed by atoms with Gasteiger partial charge in [0, 0.05) is 0 Å². The SMILES string of the molecule is CCC(C)C(CC(C)C)OC=O. The van der Waals surface area contributed by atoms with Crippen LogP contribution in [0.4, 0.5) is 0 Å². The molecule has 2 unspecified atom stereocenters. The van der Waals surface area contributed by atoms with Gasteiger partial charge in [-0.1, -0.05) is 34.1 Å². The van der Waals surface area contributed by atoms with Crippen molar-refractivity contribution in [1.29, 1.82) is 0 Å². The molecule has 0 radical (unpaired) electrons. The highest BCUT2D eigenvalue weighted by molar-refractivity contribution is 5.37. The third-order valence-corrected chi connectivity index (χ3v) is 2.21. The number of carbonyl (C=O) groups is 1. The topological polar surface area (TPSA) is 26.3 Å². The predicted octanol–water partition coefficient (Wildman–Crippen LogP) is 2.62. The molecular formula is C10H20O2. The number of carbonyl (C=O) groups excluding carboxylic acids is 1. The fraction of sp³-hybridized carbons (Fsp3) is 0.900. The summed E-state index contributed by atoms with van der Waals surface area (Å²) in [4.78, 5) is 10.2. The van der Waals surface area contributed by atoms with E-state index in [1.165, 1.54) is 0 Å². The van der Waals surface area contributed by atoms with E-state index in [9.17, 15) is 4.79 Å². The highest BCUT2D eigenvalue weighted by Gasteiger charge is 2.17. The van der Waals surface area contributed by atoms with Crippen molar-refractivity contribution in [2.24, 2.45) is 11.8 Å². The van der Waals surface area contributed by atoms with Crippen LogP contribution in [0.5, 0.6) is 0 Å². The van der Waals surface area contributed by atoms with Crippen molar-refractivity contribution < 1.29 is 9.53 Å². The maximum atomic E-state index is 10.2. The van der Waals surface area contributed by atoms with Gasteiger partial charge in [0.05, 0.1) is 0 Å². The molecule has 2 nitrogen and oxygen atoms in total. The van der Waals surface area contributed by atoms with E-state index in [2.05, 4.69) is 27.7 Å². The number of hydrogen-bond donors (Lipinski definition) is 0. The number of ether oxygens (including phenoxy) is 1. The summed E-state index contributed by atoms with van der Waals surface area (Å²) in [7, 11) is 0. The van der Waals surface area contributed by atoms with Gasteiger partial charge in [-0.2, -0.15) is 0 Å². The largest absolute Gasteiger partial charge is 0.464 e. The van der Waals surface area contributed by atoms with E-state index in [1.807, 2.05) is 0 Å². The highest BCUT2D eigenvalue weighted by atomic mass is 16.5. The molecule has 0 aromatic carbocycles. The fourth-order valence-corrected chi connectivity index (χ4v) is 1.22. The Morgan fingerprint density at radius 3 is 2.25 bits per heavy atom. The van der Waals surface area contributed by atoms with Gasteiger partial charge in [0.15, 0.2) is 0 Å². The molecule has 0 heterocycles. The van der Waals surface area contributed by atoms with E-state index < -0.39 is 0 Å². The molecular weight excluding hydrogens is 152 g/mol. The van der Waals surface area contributed by atoms with Crippen LogP contribution in [-0.4, -0.2) is 12.6 Å². The van der Waals surface area contributed by atoms with Gasteiger partial charge in [-0.05, 0) is 18.3 Å². The lowest BCUT2D eigenvalue weighted by atomic mass is 9.94. The van der Waals surface area contributed by atoms with Crippen molar-refractivity contribution in [3.8, 4) is 0 Å². The Morgan fingerprint density at radius 1 is 1.33 bits per heavy atom. The van der Waals surface area contributed by atoms with E-state index in [0.29, 0.717) is 18.3 Å².